The lowest BCUT2D eigenvalue weighted by Gasteiger charge is -2.21. The Morgan fingerprint density at radius 3 is 1.61 bits per heavy atom. The van der Waals surface area contributed by atoms with E-state index in [2.05, 4.69) is 5.32 Å². The Balaban J connectivity index is 2.15. The maximum atomic E-state index is 12.3. The van der Waals surface area contributed by atoms with E-state index in [1.807, 2.05) is 13.8 Å². The molecule has 0 spiro atoms. The Hall–Kier alpha value is -1.91. The molecule has 0 aliphatic heterocycles. The highest BCUT2D eigenvalue weighted by Gasteiger charge is 2.23. The smallest absolute Gasteiger partial charge is 0.321 e. The molecule has 1 N–H and O–H groups in total. The van der Waals surface area contributed by atoms with E-state index in [0.717, 1.165) is 0 Å². The monoisotopic (exact) mass is 353 g/mol. The summed E-state index contributed by atoms with van der Waals surface area (Å²) in [7, 11) is 0. The quantitative estimate of drug-likeness (QED) is 0.787. The Morgan fingerprint density at radius 2 is 1.26 bits per heavy atom. The molecule has 4 nitrogen and oxygen atoms in total. The summed E-state index contributed by atoms with van der Waals surface area (Å²) in [5, 5.41) is 3.93. The van der Waals surface area contributed by atoms with Crippen LogP contribution in [0.15, 0.2) is 48.5 Å². The molecule has 0 atom stereocenters. The van der Waals surface area contributed by atoms with Gasteiger partial charge in [-0.3, -0.25) is 4.79 Å². The Bertz CT molecular complexity index is 594. The molecule has 23 heavy (non-hydrogen) atoms. The maximum Gasteiger partial charge on any atom is 0.321 e. The summed E-state index contributed by atoms with van der Waals surface area (Å²) in [4.78, 5) is 12.3. The number of carbonyl (C=O) groups excluding carboxylic acids is 1. The molecule has 0 radical (unpaired) electrons. The van der Waals surface area contributed by atoms with Crippen molar-refractivity contribution in [1.29, 1.82) is 0 Å². The van der Waals surface area contributed by atoms with E-state index in [0.29, 0.717) is 21.5 Å². The normalized spacial score (nSPS) is 10.7. The molecule has 0 aliphatic carbocycles. The summed E-state index contributed by atoms with van der Waals surface area (Å²) >= 11 is 11.7. The van der Waals surface area contributed by atoms with Gasteiger partial charge in [-0.15, -0.1) is 0 Å². The zero-order chi connectivity index (χ0) is 16.8. The number of halogens is 2. The van der Waals surface area contributed by atoms with E-state index in [-0.39, 0.29) is 11.9 Å². The zero-order valence-electron chi connectivity index (χ0n) is 12.8. The predicted molar refractivity (Wildman–Crippen MR) is 91.2 cm³/mol. The van der Waals surface area contributed by atoms with Crippen molar-refractivity contribution in [3.05, 3.63) is 58.6 Å². The zero-order valence-corrected chi connectivity index (χ0v) is 14.3. The summed E-state index contributed by atoms with van der Waals surface area (Å²) < 4.78 is 11.3. The predicted octanol–water partition coefficient (Wildman–Crippen LogP) is 4.30. The minimum atomic E-state index is -1.13. The van der Waals surface area contributed by atoms with Gasteiger partial charge in [-0.05, 0) is 62.4 Å². The van der Waals surface area contributed by atoms with Gasteiger partial charge in [-0.2, -0.15) is 0 Å². The van der Waals surface area contributed by atoms with E-state index in [1.165, 1.54) is 0 Å². The van der Waals surface area contributed by atoms with Crippen LogP contribution in [0.5, 0.6) is 11.5 Å². The van der Waals surface area contributed by atoms with Crippen LogP contribution in [-0.2, 0) is 4.79 Å². The summed E-state index contributed by atoms with van der Waals surface area (Å²) in [6.45, 7) is 3.72. The molecule has 6 heteroatoms. The second-order valence-corrected chi connectivity index (χ2v) is 6.01. The molecule has 122 valence electrons. The first kappa shape index (κ1) is 17.4. The van der Waals surface area contributed by atoms with E-state index >= 15 is 0 Å². The van der Waals surface area contributed by atoms with E-state index in [9.17, 15) is 4.79 Å². The Morgan fingerprint density at radius 1 is 0.870 bits per heavy atom. The van der Waals surface area contributed by atoms with Crippen molar-refractivity contribution in [2.45, 2.75) is 26.2 Å². The molecule has 2 aromatic rings. The van der Waals surface area contributed by atoms with Crippen LogP contribution >= 0.6 is 23.2 Å². The van der Waals surface area contributed by atoms with Crippen LogP contribution in [0.1, 0.15) is 13.8 Å². The van der Waals surface area contributed by atoms with Crippen molar-refractivity contribution in [3.8, 4) is 11.5 Å². The van der Waals surface area contributed by atoms with Gasteiger partial charge in [0.05, 0.1) is 0 Å². The van der Waals surface area contributed by atoms with Crippen LogP contribution in [-0.4, -0.2) is 18.2 Å². The molecule has 2 aromatic carbocycles. The lowest BCUT2D eigenvalue weighted by Crippen LogP contribution is -2.44. The molecule has 0 saturated heterocycles. The topological polar surface area (TPSA) is 47.6 Å². The number of benzene rings is 2. The highest BCUT2D eigenvalue weighted by atomic mass is 35.5. The van der Waals surface area contributed by atoms with Crippen molar-refractivity contribution in [2.75, 3.05) is 0 Å². The van der Waals surface area contributed by atoms with Crippen LogP contribution in [0, 0.1) is 0 Å². The molecular weight excluding hydrogens is 337 g/mol. The minimum Gasteiger partial charge on any atom is -0.446 e. The first-order chi connectivity index (χ1) is 10.9. The van der Waals surface area contributed by atoms with Crippen LogP contribution < -0.4 is 14.8 Å². The van der Waals surface area contributed by atoms with Crippen molar-refractivity contribution in [3.63, 3.8) is 0 Å². The molecule has 2 rings (SSSR count). The third-order valence-corrected chi connectivity index (χ3v) is 3.26. The number of ether oxygens (including phenoxy) is 2. The standard InChI is InChI=1S/C17H17Cl2NO3/c1-11(2)20-16(21)17(22-14-7-3-12(18)4-8-14)23-15-9-5-13(19)6-10-15/h3-11,17H,1-2H3,(H,20,21). The fourth-order valence-electron chi connectivity index (χ4n) is 1.76. The average Bonchev–Trinajstić information content (AvgIpc) is 2.50. The first-order valence-corrected chi connectivity index (χ1v) is 7.84. The van der Waals surface area contributed by atoms with Gasteiger partial charge in [0, 0.05) is 16.1 Å². The second kappa shape index (κ2) is 8.09. The lowest BCUT2D eigenvalue weighted by molar-refractivity contribution is -0.140. The number of rotatable bonds is 6. The van der Waals surface area contributed by atoms with Crippen LogP contribution in [0.25, 0.3) is 0 Å². The van der Waals surface area contributed by atoms with Crippen LogP contribution in [0.4, 0.5) is 0 Å². The highest BCUT2D eigenvalue weighted by molar-refractivity contribution is 6.30. The largest absolute Gasteiger partial charge is 0.446 e. The Kier molecular flexibility index (Phi) is 6.13. The molecular formula is C17H17Cl2NO3. The number of hydrogen-bond acceptors (Lipinski definition) is 3. The molecule has 0 heterocycles. The van der Waals surface area contributed by atoms with Gasteiger partial charge >= 0.3 is 12.2 Å². The Labute approximate surface area is 145 Å². The number of nitrogens with one attached hydrogen (secondary N) is 1. The van der Waals surface area contributed by atoms with Crippen molar-refractivity contribution < 1.29 is 14.3 Å². The summed E-state index contributed by atoms with van der Waals surface area (Å²) in [6.07, 6.45) is -1.13. The number of carbonyl (C=O) groups is 1. The van der Waals surface area contributed by atoms with Gasteiger partial charge in [-0.25, -0.2) is 0 Å². The van der Waals surface area contributed by atoms with Crippen LogP contribution in [0.3, 0.4) is 0 Å². The van der Waals surface area contributed by atoms with Gasteiger partial charge in [0.1, 0.15) is 11.5 Å². The molecule has 0 aromatic heterocycles. The van der Waals surface area contributed by atoms with Crippen molar-refractivity contribution >= 4 is 29.1 Å². The van der Waals surface area contributed by atoms with Gasteiger partial charge in [0.25, 0.3) is 0 Å². The average molecular weight is 354 g/mol. The van der Waals surface area contributed by atoms with E-state index < -0.39 is 6.29 Å². The van der Waals surface area contributed by atoms with Gasteiger partial charge in [0.2, 0.25) is 0 Å². The van der Waals surface area contributed by atoms with E-state index in [1.54, 1.807) is 48.5 Å². The highest BCUT2D eigenvalue weighted by Crippen LogP contribution is 2.20. The third kappa shape index (κ3) is 5.66. The number of hydrogen-bond donors (Lipinski definition) is 1. The van der Waals surface area contributed by atoms with E-state index in [4.69, 9.17) is 32.7 Å². The third-order valence-electron chi connectivity index (χ3n) is 2.76. The van der Waals surface area contributed by atoms with Gasteiger partial charge in [-0.1, -0.05) is 23.2 Å². The fourth-order valence-corrected chi connectivity index (χ4v) is 2.01. The maximum absolute atomic E-state index is 12.3. The van der Waals surface area contributed by atoms with Crippen molar-refractivity contribution in [2.24, 2.45) is 0 Å². The lowest BCUT2D eigenvalue weighted by atomic mass is 10.3. The summed E-state index contributed by atoms with van der Waals surface area (Å²) in [5.74, 6) is 0.587. The molecule has 0 aliphatic rings. The molecule has 1 amide bonds. The number of amides is 1. The molecule has 0 fully saturated rings. The molecule has 0 unspecified atom stereocenters. The summed E-state index contributed by atoms with van der Waals surface area (Å²) in [6, 6.07) is 13.4. The second-order valence-electron chi connectivity index (χ2n) is 5.14. The fraction of sp³-hybridized carbons (Fsp3) is 0.235. The van der Waals surface area contributed by atoms with Crippen LogP contribution in [0.2, 0.25) is 10.0 Å². The molecule has 0 saturated carbocycles. The van der Waals surface area contributed by atoms with Gasteiger partial charge in [0.15, 0.2) is 0 Å². The van der Waals surface area contributed by atoms with Crippen molar-refractivity contribution in [1.82, 2.24) is 5.32 Å². The SMILES string of the molecule is CC(C)NC(=O)C(Oc1ccc(Cl)cc1)Oc1ccc(Cl)cc1. The minimum absolute atomic E-state index is 0.0346. The summed E-state index contributed by atoms with van der Waals surface area (Å²) in [5.41, 5.74) is 0. The molecule has 0 bridgehead atoms. The first-order valence-electron chi connectivity index (χ1n) is 7.09. The van der Waals surface area contributed by atoms with Gasteiger partial charge < -0.3 is 14.8 Å².